The number of rotatable bonds is 3. The Morgan fingerprint density at radius 3 is 2.87 bits per heavy atom. The van der Waals surface area contributed by atoms with Crippen LogP contribution in [0.25, 0.3) is 0 Å². The number of carbonyl (C=O) groups excluding carboxylic acids is 2. The lowest BCUT2D eigenvalue weighted by Crippen LogP contribution is -2.59. The van der Waals surface area contributed by atoms with E-state index < -0.39 is 29.9 Å². The van der Waals surface area contributed by atoms with Crippen molar-refractivity contribution in [2.45, 2.75) is 19.0 Å². The molecule has 0 aromatic heterocycles. The summed E-state index contributed by atoms with van der Waals surface area (Å²) in [5, 5.41) is 10.7. The van der Waals surface area contributed by atoms with Crippen LogP contribution in [0.1, 0.15) is 6.92 Å². The molecular weight excluding hydrogens is 202 g/mol. The molecule has 1 rings (SSSR count). The van der Waals surface area contributed by atoms with Gasteiger partial charge in [0.05, 0.1) is 12.6 Å². The summed E-state index contributed by atoms with van der Waals surface area (Å²) < 4.78 is 0. The van der Waals surface area contributed by atoms with E-state index in [9.17, 15) is 14.4 Å². The molecule has 4 N–H and O–H groups in total. The van der Waals surface area contributed by atoms with Gasteiger partial charge in [-0.15, -0.1) is 0 Å². The topological polar surface area (TPSA) is 113 Å². The number of carbonyl (C=O) groups is 3. The highest BCUT2D eigenvalue weighted by atomic mass is 16.4. The van der Waals surface area contributed by atoms with Gasteiger partial charge < -0.3 is 10.8 Å². The van der Waals surface area contributed by atoms with Crippen molar-refractivity contribution in [3.63, 3.8) is 0 Å². The van der Waals surface area contributed by atoms with Crippen LogP contribution in [0.3, 0.4) is 0 Å². The van der Waals surface area contributed by atoms with Gasteiger partial charge in [0, 0.05) is 6.54 Å². The maximum Gasteiger partial charge on any atom is 0.321 e. The van der Waals surface area contributed by atoms with Crippen LogP contribution in [0.2, 0.25) is 0 Å². The summed E-state index contributed by atoms with van der Waals surface area (Å²) in [5.74, 6) is -2.01. The fraction of sp³-hybridized carbons (Fsp3) is 0.625. The van der Waals surface area contributed by atoms with Gasteiger partial charge in [-0.1, -0.05) is 0 Å². The van der Waals surface area contributed by atoms with Crippen LogP contribution in [0, 0.1) is 0 Å². The minimum atomic E-state index is -1.15. The van der Waals surface area contributed by atoms with Crippen molar-refractivity contribution < 1.29 is 19.5 Å². The summed E-state index contributed by atoms with van der Waals surface area (Å²) in [6.45, 7) is 1.57. The van der Waals surface area contributed by atoms with Crippen molar-refractivity contribution >= 4 is 17.8 Å². The molecule has 0 radical (unpaired) electrons. The summed E-state index contributed by atoms with van der Waals surface area (Å²) in [4.78, 5) is 34.2. The van der Waals surface area contributed by atoms with E-state index in [1.807, 2.05) is 0 Å². The van der Waals surface area contributed by atoms with Crippen molar-refractivity contribution in [3.05, 3.63) is 0 Å². The highest BCUT2D eigenvalue weighted by Crippen LogP contribution is 2.04. The van der Waals surface area contributed by atoms with Gasteiger partial charge in [-0.25, -0.2) is 0 Å². The summed E-state index contributed by atoms with van der Waals surface area (Å²) in [6, 6.07) is -1.63. The Balaban J connectivity index is 2.63. The van der Waals surface area contributed by atoms with Crippen LogP contribution in [0.4, 0.5) is 0 Å². The Morgan fingerprint density at radius 1 is 1.73 bits per heavy atom. The van der Waals surface area contributed by atoms with E-state index in [4.69, 9.17) is 10.8 Å². The zero-order chi connectivity index (χ0) is 11.6. The maximum atomic E-state index is 11.2. The van der Waals surface area contributed by atoms with Crippen LogP contribution in [-0.2, 0) is 14.4 Å². The van der Waals surface area contributed by atoms with Gasteiger partial charge in [0.2, 0.25) is 11.8 Å². The van der Waals surface area contributed by atoms with Crippen LogP contribution in [0.15, 0.2) is 0 Å². The predicted molar refractivity (Wildman–Crippen MR) is 49.8 cm³/mol. The average Bonchev–Trinajstić information content (AvgIpc) is 2.13. The second kappa shape index (κ2) is 4.37. The average molecular weight is 215 g/mol. The molecule has 1 saturated heterocycles. The van der Waals surface area contributed by atoms with Crippen LogP contribution in [0.5, 0.6) is 0 Å². The number of hydrogen-bond donors (Lipinski definition) is 3. The summed E-state index contributed by atoms with van der Waals surface area (Å²) in [7, 11) is 0. The largest absolute Gasteiger partial charge is 0.480 e. The van der Waals surface area contributed by atoms with Gasteiger partial charge in [-0.3, -0.25) is 24.6 Å². The molecule has 1 aliphatic heterocycles. The van der Waals surface area contributed by atoms with Crippen molar-refractivity contribution in [1.82, 2.24) is 10.2 Å². The smallest absolute Gasteiger partial charge is 0.321 e. The molecule has 0 saturated carbocycles. The molecule has 7 nitrogen and oxygen atoms in total. The number of aliphatic carboxylic acids is 1. The van der Waals surface area contributed by atoms with Crippen molar-refractivity contribution in [2.24, 2.45) is 5.73 Å². The fourth-order valence-corrected chi connectivity index (χ4v) is 1.32. The number of imide groups is 1. The van der Waals surface area contributed by atoms with E-state index in [0.29, 0.717) is 0 Å². The third-order valence-electron chi connectivity index (χ3n) is 2.28. The molecule has 15 heavy (non-hydrogen) atoms. The second-order valence-electron chi connectivity index (χ2n) is 3.46. The van der Waals surface area contributed by atoms with E-state index >= 15 is 0 Å². The standard InChI is InChI=1S/C8H13N3O4/c1-4-7(13)10-6(12)3-11(4)2-5(9)8(14)15/h4-5H,2-3,9H2,1H3,(H,14,15)(H,10,12,13). The molecule has 84 valence electrons. The number of hydrogen-bond acceptors (Lipinski definition) is 5. The van der Waals surface area contributed by atoms with Crippen LogP contribution in [-0.4, -0.2) is 53.0 Å². The second-order valence-corrected chi connectivity index (χ2v) is 3.46. The number of carboxylic acids is 1. The van der Waals surface area contributed by atoms with E-state index in [1.54, 1.807) is 6.92 Å². The molecule has 0 aromatic rings. The molecule has 1 aliphatic rings. The molecular formula is C8H13N3O4. The van der Waals surface area contributed by atoms with E-state index in [2.05, 4.69) is 5.32 Å². The van der Waals surface area contributed by atoms with Gasteiger partial charge in [0.15, 0.2) is 0 Å². The Labute approximate surface area is 86.2 Å². The Hall–Kier alpha value is -1.47. The summed E-state index contributed by atoms with van der Waals surface area (Å²) in [5.41, 5.74) is 5.32. The first-order valence-electron chi connectivity index (χ1n) is 4.48. The molecule has 1 heterocycles. The Bertz CT molecular complexity index is 304. The minimum absolute atomic E-state index is 0.00606. The first-order chi connectivity index (χ1) is 6.91. The highest BCUT2D eigenvalue weighted by Gasteiger charge is 2.32. The lowest BCUT2D eigenvalue weighted by atomic mass is 10.1. The third kappa shape index (κ3) is 2.74. The van der Waals surface area contributed by atoms with Crippen LogP contribution < -0.4 is 11.1 Å². The zero-order valence-electron chi connectivity index (χ0n) is 8.27. The zero-order valence-corrected chi connectivity index (χ0v) is 8.27. The number of piperazine rings is 1. The molecule has 0 aromatic carbocycles. The normalized spacial score (nSPS) is 24.8. The van der Waals surface area contributed by atoms with E-state index in [-0.39, 0.29) is 13.1 Å². The van der Waals surface area contributed by atoms with Crippen molar-refractivity contribution in [1.29, 1.82) is 0 Å². The molecule has 1 fully saturated rings. The van der Waals surface area contributed by atoms with Crippen molar-refractivity contribution in [3.8, 4) is 0 Å². The molecule has 7 heteroatoms. The molecule has 2 amide bonds. The number of nitrogens with one attached hydrogen (secondary N) is 1. The maximum absolute atomic E-state index is 11.2. The van der Waals surface area contributed by atoms with E-state index in [0.717, 1.165) is 0 Å². The summed E-state index contributed by atoms with van der Waals surface area (Å²) in [6.07, 6.45) is 0. The SMILES string of the molecule is CC1C(=O)NC(=O)CN1CC(N)C(=O)O. The lowest BCUT2D eigenvalue weighted by molar-refractivity contribution is -0.144. The van der Waals surface area contributed by atoms with Gasteiger partial charge in [-0.05, 0) is 6.92 Å². The number of carboxylic acid groups (broad SMARTS) is 1. The molecule has 0 spiro atoms. The first kappa shape index (κ1) is 11.6. The van der Waals surface area contributed by atoms with Gasteiger partial charge in [-0.2, -0.15) is 0 Å². The molecule has 2 atom stereocenters. The number of nitrogens with two attached hydrogens (primary N) is 1. The molecule has 2 unspecified atom stereocenters. The fourth-order valence-electron chi connectivity index (χ4n) is 1.32. The number of amides is 2. The first-order valence-corrected chi connectivity index (χ1v) is 4.48. The predicted octanol–water partition coefficient (Wildman–Crippen LogP) is -2.25. The summed E-state index contributed by atoms with van der Waals surface area (Å²) >= 11 is 0. The van der Waals surface area contributed by atoms with Gasteiger partial charge >= 0.3 is 5.97 Å². The lowest BCUT2D eigenvalue weighted by Gasteiger charge is -2.32. The van der Waals surface area contributed by atoms with Crippen LogP contribution >= 0.6 is 0 Å². The molecule has 0 bridgehead atoms. The number of nitrogens with zero attached hydrogens (tertiary/aromatic N) is 1. The monoisotopic (exact) mass is 215 g/mol. The Kier molecular flexibility index (Phi) is 3.38. The van der Waals surface area contributed by atoms with Crippen molar-refractivity contribution in [2.75, 3.05) is 13.1 Å². The third-order valence-corrected chi connectivity index (χ3v) is 2.28. The van der Waals surface area contributed by atoms with Gasteiger partial charge in [0.25, 0.3) is 0 Å². The van der Waals surface area contributed by atoms with E-state index in [1.165, 1.54) is 4.90 Å². The molecule has 0 aliphatic carbocycles. The highest BCUT2D eigenvalue weighted by molar-refractivity contribution is 6.00. The Morgan fingerprint density at radius 2 is 2.33 bits per heavy atom. The quantitative estimate of drug-likeness (QED) is 0.458. The van der Waals surface area contributed by atoms with Gasteiger partial charge in [0.1, 0.15) is 6.04 Å². The minimum Gasteiger partial charge on any atom is -0.480 e.